The van der Waals surface area contributed by atoms with Crippen LogP contribution in [0.25, 0.3) is 11.0 Å². The van der Waals surface area contributed by atoms with Crippen molar-refractivity contribution < 1.29 is 9.85 Å². The Labute approximate surface area is 127 Å². The van der Waals surface area contributed by atoms with Crippen molar-refractivity contribution in [2.75, 3.05) is 0 Å². The van der Waals surface area contributed by atoms with Gasteiger partial charge in [0.1, 0.15) is 11.2 Å². The highest BCUT2D eigenvalue weighted by molar-refractivity contribution is 7.98. The van der Waals surface area contributed by atoms with Crippen molar-refractivity contribution in [3.05, 3.63) is 69.0 Å². The number of para-hydroxylation sites is 2. The lowest BCUT2D eigenvalue weighted by atomic mass is 10.3. The number of imidazole rings is 1. The number of nitrogens with zero attached hydrogens (tertiary/aromatic N) is 4. The molecule has 3 rings (SSSR count). The first-order valence-electron chi connectivity index (χ1n) is 6.09. The number of rotatable bonds is 4. The van der Waals surface area contributed by atoms with Crippen LogP contribution in [-0.2, 0) is 0 Å². The first-order chi connectivity index (χ1) is 10.6. The molecular formula is C13H8N4O4S. The van der Waals surface area contributed by atoms with Gasteiger partial charge in [-0.25, -0.2) is 4.98 Å². The Balaban J connectivity index is 2.05. The number of fused-ring (bicyclic) bond motifs is 1. The van der Waals surface area contributed by atoms with Crippen LogP contribution in [0.5, 0.6) is 0 Å². The van der Waals surface area contributed by atoms with Crippen molar-refractivity contribution in [1.82, 2.24) is 8.96 Å². The van der Waals surface area contributed by atoms with Gasteiger partial charge in [-0.1, -0.05) is 12.1 Å². The van der Waals surface area contributed by atoms with Crippen LogP contribution in [0.3, 0.4) is 0 Å². The third kappa shape index (κ3) is 2.49. The molecule has 110 valence electrons. The number of hydrogen-bond donors (Lipinski definition) is 0. The summed E-state index contributed by atoms with van der Waals surface area (Å²) in [5, 5.41) is 21.9. The molecule has 0 atom stereocenters. The molecule has 3 aromatic rings. The Hall–Kier alpha value is -2.94. The van der Waals surface area contributed by atoms with E-state index in [2.05, 4.69) is 4.98 Å². The molecule has 9 heteroatoms. The van der Waals surface area contributed by atoms with E-state index in [1.54, 1.807) is 10.3 Å². The number of nitro groups is 2. The minimum Gasteiger partial charge on any atom is -0.268 e. The minimum atomic E-state index is -0.659. The summed E-state index contributed by atoms with van der Waals surface area (Å²) in [6.07, 6.45) is 1.56. The molecule has 8 nitrogen and oxygen atoms in total. The van der Waals surface area contributed by atoms with E-state index < -0.39 is 9.85 Å². The highest BCUT2D eigenvalue weighted by atomic mass is 32.2. The Morgan fingerprint density at radius 2 is 1.82 bits per heavy atom. The summed E-state index contributed by atoms with van der Waals surface area (Å²) < 4.78 is 1.68. The molecule has 1 aromatic heterocycles. The number of benzene rings is 2. The van der Waals surface area contributed by atoms with Gasteiger partial charge in [0.2, 0.25) is 0 Å². The maximum atomic E-state index is 11.1. The third-order valence-corrected chi connectivity index (χ3v) is 4.00. The van der Waals surface area contributed by atoms with Crippen LogP contribution in [0.2, 0.25) is 0 Å². The second-order valence-corrected chi connectivity index (χ2v) is 5.33. The van der Waals surface area contributed by atoms with Crippen molar-refractivity contribution in [2.45, 2.75) is 4.90 Å². The van der Waals surface area contributed by atoms with Crippen LogP contribution < -0.4 is 0 Å². The Kier molecular flexibility index (Phi) is 3.47. The van der Waals surface area contributed by atoms with Gasteiger partial charge in [-0.2, -0.15) is 0 Å². The third-order valence-electron chi connectivity index (χ3n) is 2.97. The lowest BCUT2D eigenvalue weighted by Gasteiger charge is -2.04. The molecule has 0 aliphatic carbocycles. The molecule has 0 spiro atoms. The van der Waals surface area contributed by atoms with Gasteiger partial charge in [-0.3, -0.25) is 24.2 Å². The van der Waals surface area contributed by atoms with E-state index in [1.807, 2.05) is 24.3 Å². The largest absolute Gasteiger partial charge is 0.291 e. The number of aromatic nitrogens is 2. The van der Waals surface area contributed by atoms with E-state index in [4.69, 9.17) is 0 Å². The molecule has 0 bridgehead atoms. The van der Waals surface area contributed by atoms with Gasteiger partial charge in [-0.15, -0.1) is 0 Å². The average Bonchev–Trinajstić information content (AvgIpc) is 2.90. The number of nitro benzene ring substituents is 2. The summed E-state index contributed by atoms with van der Waals surface area (Å²) in [5.74, 6) is 0. The zero-order valence-electron chi connectivity index (χ0n) is 10.9. The minimum absolute atomic E-state index is 0.304. The lowest BCUT2D eigenvalue weighted by Crippen LogP contribution is -1.95. The van der Waals surface area contributed by atoms with Crippen molar-refractivity contribution in [2.24, 2.45) is 0 Å². The van der Waals surface area contributed by atoms with Crippen molar-refractivity contribution >= 4 is 34.4 Å². The van der Waals surface area contributed by atoms with Gasteiger partial charge < -0.3 is 0 Å². The monoisotopic (exact) mass is 316 g/mol. The summed E-state index contributed by atoms with van der Waals surface area (Å²) in [6.45, 7) is 0. The van der Waals surface area contributed by atoms with Crippen LogP contribution in [0.4, 0.5) is 11.4 Å². The summed E-state index contributed by atoms with van der Waals surface area (Å²) in [4.78, 5) is 25.1. The smallest absolute Gasteiger partial charge is 0.268 e. The molecule has 22 heavy (non-hydrogen) atoms. The molecule has 0 unspecified atom stereocenters. The molecule has 0 amide bonds. The van der Waals surface area contributed by atoms with Crippen LogP contribution >= 0.6 is 11.9 Å². The van der Waals surface area contributed by atoms with Crippen molar-refractivity contribution in [3.8, 4) is 0 Å². The number of non-ortho nitro benzene ring substituents is 1. The molecule has 1 heterocycles. The fourth-order valence-corrected chi connectivity index (χ4v) is 2.87. The Morgan fingerprint density at radius 3 is 2.55 bits per heavy atom. The fraction of sp³-hybridized carbons (Fsp3) is 0. The van der Waals surface area contributed by atoms with Gasteiger partial charge in [0.25, 0.3) is 11.4 Å². The molecule has 0 saturated carbocycles. The van der Waals surface area contributed by atoms with Crippen LogP contribution in [0, 0.1) is 20.2 Å². The van der Waals surface area contributed by atoms with E-state index in [0.29, 0.717) is 4.90 Å². The maximum absolute atomic E-state index is 11.1. The first kappa shape index (κ1) is 14.0. The molecule has 0 N–H and O–H groups in total. The van der Waals surface area contributed by atoms with Gasteiger partial charge in [0.05, 0.1) is 26.9 Å². The molecular weight excluding hydrogens is 308 g/mol. The van der Waals surface area contributed by atoms with E-state index in [-0.39, 0.29) is 11.4 Å². The summed E-state index contributed by atoms with van der Waals surface area (Å²) in [7, 11) is 0. The highest BCUT2D eigenvalue weighted by Gasteiger charge is 2.20. The van der Waals surface area contributed by atoms with E-state index >= 15 is 0 Å². The van der Waals surface area contributed by atoms with Gasteiger partial charge in [0, 0.05) is 18.0 Å². The quantitative estimate of drug-likeness (QED) is 0.539. The predicted octanol–water partition coefficient (Wildman–Crippen LogP) is 3.41. The second kappa shape index (κ2) is 5.45. The molecule has 0 saturated heterocycles. The van der Waals surface area contributed by atoms with E-state index in [0.717, 1.165) is 29.0 Å². The van der Waals surface area contributed by atoms with E-state index in [9.17, 15) is 20.2 Å². The van der Waals surface area contributed by atoms with Gasteiger partial charge >= 0.3 is 0 Å². The normalized spacial score (nSPS) is 10.7. The van der Waals surface area contributed by atoms with Crippen LogP contribution in [0.15, 0.2) is 53.7 Å². The topological polar surface area (TPSA) is 104 Å². The van der Waals surface area contributed by atoms with E-state index in [1.165, 1.54) is 12.1 Å². The number of hydrogen-bond acceptors (Lipinski definition) is 6. The average molecular weight is 316 g/mol. The fourth-order valence-electron chi connectivity index (χ4n) is 1.95. The summed E-state index contributed by atoms with van der Waals surface area (Å²) in [5.41, 5.74) is 0.947. The van der Waals surface area contributed by atoms with Gasteiger partial charge in [0.15, 0.2) is 0 Å². The molecule has 0 aliphatic heterocycles. The standard InChI is InChI=1S/C13H8N4O4S/c18-16(19)9-5-6-13(12(7-9)17(20)21)22-15-8-14-10-3-1-2-4-11(10)15/h1-8H. The Morgan fingerprint density at radius 1 is 1.05 bits per heavy atom. The zero-order chi connectivity index (χ0) is 15.7. The molecule has 0 radical (unpaired) electrons. The second-order valence-electron chi connectivity index (χ2n) is 4.32. The lowest BCUT2D eigenvalue weighted by molar-refractivity contribution is -0.396. The molecule has 2 aromatic carbocycles. The SMILES string of the molecule is O=[N+]([O-])c1ccc(Sn2cnc3ccccc32)c([N+](=O)[O-])c1. The van der Waals surface area contributed by atoms with Crippen LogP contribution in [-0.4, -0.2) is 18.8 Å². The highest BCUT2D eigenvalue weighted by Crippen LogP contribution is 2.34. The summed E-state index contributed by atoms with van der Waals surface area (Å²) >= 11 is 1.09. The summed E-state index contributed by atoms with van der Waals surface area (Å²) in [6, 6.07) is 10.9. The first-order valence-corrected chi connectivity index (χ1v) is 6.87. The molecule has 0 fully saturated rings. The Bertz CT molecular complexity index is 893. The molecule has 0 aliphatic rings. The maximum Gasteiger partial charge on any atom is 0.291 e. The zero-order valence-corrected chi connectivity index (χ0v) is 11.8. The van der Waals surface area contributed by atoms with Crippen molar-refractivity contribution in [1.29, 1.82) is 0 Å². The predicted molar refractivity (Wildman–Crippen MR) is 80.7 cm³/mol. The van der Waals surface area contributed by atoms with Gasteiger partial charge in [-0.05, 0) is 18.2 Å². The van der Waals surface area contributed by atoms with Crippen molar-refractivity contribution in [3.63, 3.8) is 0 Å². The van der Waals surface area contributed by atoms with Crippen LogP contribution in [0.1, 0.15) is 0 Å².